The van der Waals surface area contributed by atoms with Crippen molar-refractivity contribution in [3.63, 3.8) is 0 Å². The molecule has 0 saturated heterocycles. The Hall–Kier alpha value is -2.98. The maximum Gasteiger partial charge on any atom is 0.159 e. The average Bonchev–Trinajstić information content (AvgIpc) is 2.81. The second kappa shape index (κ2) is 7.93. The van der Waals surface area contributed by atoms with Gasteiger partial charge in [0.15, 0.2) is 6.23 Å². The summed E-state index contributed by atoms with van der Waals surface area (Å²) in [6, 6.07) is 31.4. The molecule has 0 spiro atoms. The van der Waals surface area contributed by atoms with Crippen LogP contribution in [0.5, 0.6) is 5.75 Å². The number of hydrogen-bond donors (Lipinski definition) is 2. The molecular weight excluding hydrogens is 429 g/mol. The first-order valence-electron chi connectivity index (χ1n) is 9.92. The van der Waals surface area contributed by atoms with Crippen LogP contribution in [0.2, 0.25) is 10.0 Å². The molecule has 1 unspecified atom stereocenters. The Labute approximate surface area is 190 Å². The van der Waals surface area contributed by atoms with Gasteiger partial charge in [-0.15, -0.1) is 0 Å². The van der Waals surface area contributed by atoms with E-state index >= 15 is 0 Å². The molecule has 2 N–H and O–H groups in total. The fourth-order valence-corrected chi connectivity index (χ4v) is 4.72. The molecule has 1 aliphatic rings. The Kier molecular flexibility index (Phi) is 5.11. The fourth-order valence-electron chi connectivity index (χ4n) is 4.21. The van der Waals surface area contributed by atoms with Crippen molar-refractivity contribution >= 4 is 28.9 Å². The maximum atomic E-state index is 10.7. The molecule has 154 valence electrons. The zero-order chi connectivity index (χ0) is 21.4. The van der Waals surface area contributed by atoms with Crippen LogP contribution in [0.3, 0.4) is 0 Å². The Bertz CT molecular complexity index is 1190. The Morgan fingerprint density at radius 3 is 2.00 bits per heavy atom. The molecule has 1 aliphatic heterocycles. The van der Waals surface area contributed by atoms with Gasteiger partial charge in [-0.1, -0.05) is 102 Å². The van der Waals surface area contributed by atoms with Gasteiger partial charge in [0, 0.05) is 21.8 Å². The number of anilines is 1. The summed E-state index contributed by atoms with van der Waals surface area (Å²) < 4.78 is 6.86. The van der Waals surface area contributed by atoms with Gasteiger partial charge in [-0.05, 0) is 29.3 Å². The van der Waals surface area contributed by atoms with Crippen molar-refractivity contribution < 1.29 is 9.84 Å². The summed E-state index contributed by atoms with van der Waals surface area (Å²) >= 11 is 12.5. The monoisotopic (exact) mass is 447 g/mol. The summed E-state index contributed by atoms with van der Waals surface area (Å²) in [5, 5.41) is 14.7. The van der Waals surface area contributed by atoms with Crippen LogP contribution in [0, 0.1) is 0 Å². The molecule has 0 fully saturated rings. The largest absolute Gasteiger partial charge is 0.506 e. The zero-order valence-corrected chi connectivity index (χ0v) is 17.9. The number of benzene rings is 4. The third-order valence-corrected chi connectivity index (χ3v) is 6.09. The highest BCUT2D eigenvalue weighted by atomic mass is 35.5. The van der Waals surface area contributed by atoms with Crippen LogP contribution in [0.4, 0.5) is 5.69 Å². The molecule has 0 saturated carbocycles. The Morgan fingerprint density at radius 2 is 1.35 bits per heavy atom. The lowest BCUT2D eigenvalue weighted by Gasteiger charge is -2.44. The lowest BCUT2D eigenvalue weighted by Crippen LogP contribution is -2.40. The third kappa shape index (κ3) is 3.35. The Balaban J connectivity index is 1.80. The lowest BCUT2D eigenvalue weighted by atomic mass is 9.78. The van der Waals surface area contributed by atoms with E-state index in [1.165, 1.54) is 6.07 Å². The van der Waals surface area contributed by atoms with Crippen LogP contribution in [0.25, 0.3) is 0 Å². The molecule has 0 bridgehead atoms. The van der Waals surface area contributed by atoms with Crippen molar-refractivity contribution in [2.45, 2.75) is 11.8 Å². The van der Waals surface area contributed by atoms with E-state index in [1.807, 2.05) is 54.6 Å². The van der Waals surface area contributed by atoms with Gasteiger partial charge in [0.05, 0.1) is 5.02 Å². The third-order valence-electron chi connectivity index (χ3n) is 5.59. The van der Waals surface area contributed by atoms with E-state index in [1.54, 1.807) is 6.07 Å². The normalized spacial score (nSPS) is 16.9. The standard InChI is InChI=1S/C26H19Cl2NO2/c27-19-15-20(24(30)22(28)16-19)25-29-23-14-8-7-13-21(23)26(31-25,17-9-3-1-4-10-17)18-11-5-2-6-12-18/h1-16,25,29-30H. The first-order chi connectivity index (χ1) is 15.1. The van der Waals surface area contributed by atoms with Crippen LogP contribution in [-0.4, -0.2) is 5.11 Å². The first-order valence-corrected chi connectivity index (χ1v) is 10.7. The van der Waals surface area contributed by atoms with E-state index in [-0.39, 0.29) is 10.8 Å². The molecule has 1 heterocycles. The van der Waals surface area contributed by atoms with Gasteiger partial charge in [0.2, 0.25) is 0 Å². The van der Waals surface area contributed by atoms with Crippen molar-refractivity contribution in [2.75, 3.05) is 5.32 Å². The molecule has 5 heteroatoms. The summed E-state index contributed by atoms with van der Waals surface area (Å²) in [7, 11) is 0. The van der Waals surface area contributed by atoms with E-state index in [4.69, 9.17) is 27.9 Å². The predicted octanol–water partition coefficient (Wildman–Crippen LogP) is 7.13. The number of rotatable bonds is 3. The van der Waals surface area contributed by atoms with Gasteiger partial charge in [0.1, 0.15) is 11.4 Å². The Morgan fingerprint density at radius 1 is 0.774 bits per heavy atom. The summed E-state index contributed by atoms with van der Waals surface area (Å²) in [5.41, 5.74) is 3.41. The van der Waals surface area contributed by atoms with Crippen molar-refractivity contribution in [1.29, 1.82) is 0 Å². The number of phenols is 1. The van der Waals surface area contributed by atoms with Gasteiger partial charge in [-0.2, -0.15) is 0 Å². The van der Waals surface area contributed by atoms with E-state index < -0.39 is 11.8 Å². The van der Waals surface area contributed by atoms with Crippen molar-refractivity contribution in [3.05, 3.63) is 129 Å². The topological polar surface area (TPSA) is 41.5 Å². The number of ether oxygens (including phenoxy) is 1. The second-order valence-electron chi connectivity index (χ2n) is 7.43. The SMILES string of the molecule is Oc1c(Cl)cc(Cl)cc1C1Nc2ccccc2C(c2ccccc2)(c2ccccc2)O1. The number of nitrogens with one attached hydrogen (secondary N) is 1. The van der Waals surface area contributed by atoms with Crippen LogP contribution in [0.15, 0.2) is 97.1 Å². The maximum absolute atomic E-state index is 10.7. The molecule has 0 aromatic heterocycles. The van der Waals surface area contributed by atoms with Gasteiger partial charge in [0.25, 0.3) is 0 Å². The summed E-state index contributed by atoms with van der Waals surface area (Å²) in [5.74, 6) is -0.0574. The average molecular weight is 448 g/mol. The molecule has 3 nitrogen and oxygen atoms in total. The number of para-hydroxylation sites is 1. The minimum Gasteiger partial charge on any atom is -0.506 e. The first kappa shape index (κ1) is 20.0. The van der Waals surface area contributed by atoms with Crippen LogP contribution in [0.1, 0.15) is 28.5 Å². The van der Waals surface area contributed by atoms with E-state index in [0.29, 0.717) is 10.6 Å². The zero-order valence-electron chi connectivity index (χ0n) is 16.4. The lowest BCUT2D eigenvalue weighted by molar-refractivity contribution is -0.0440. The number of aromatic hydroxyl groups is 1. The molecular formula is C26H19Cl2NO2. The van der Waals surface area contributed by atoms with Crippen LogP contribution >= 0.6 is 23.2 Å². The summed E-state index contributed by atoms with van der Waals surface area (Å²) in [4.78, 5) is 0. The number of halogens is 2. The summed E-state index contributed by atoms with van der Waals surface area (Å²) in [6.07, 6.45) is -0.688. The molecule has 4 aromatic rings. The molecule has 31 heavy (non-hydrogen) atoms. The van der Waals surface area contributed by atoms with Crippen molar-refractivity contribution in [3.8, 4) is 5.75 Å². The fraction of sp³-hybridized carbons (Fsp3) is 0.0769. The van der Waals surface area contributed by atoms with Crippen LogP contribution in [-0.2, 0) is 10.3 Å². The van der Waals surface area contributed by atoms with Gasteiger partial charge >= 0.3 is 0 Å². The van der Waals surface area contributed by atoms with Gasteiger partial charge in [-0.25, -0.2) is 0 Å². The molecule has 5 rings (SSSR count). The van der Waals surface area contributed by atoms with E-state index in [2.05, 4.69) is 35.6 Å². The molecule has 0 aliphatic carbocycles. The molecule has 1 atom stereocenters. The second-order valence-corrected chi connectivity index (χ2v) is 8.27. The number of fused-ring (bicyclic) bond motifs is 1. The van der Waals surface area contributed by atoms with E-state index in [9.17, 15) is 5.11 Å². The number of hydrogen-bond acceptors (Lipinski definition) is 3. The molecule has 4 aromatic carbocycles. The van der Waals surface area contributed by atoms with Crippen molar-refractivity contribution in [1.82, 2.24) is 0 Å². The minimum absolute atomic E-state index is 0.0574. The molecule has 0 amide bonds. The minimum atomic E-state index is -0.906. The highest BCUT2D eigenvalue weighted by Gasteiger charge is 2.45. The van der Waals surface area contributed by atoms with Crippen molar-refractivity contribution in [2.24, 2.45) is 0 Å². The van der Waals surface area contributed by atoms with E-state index in [0.717, 1.165) is 22.4 Å². The smallest absolute Gasteiger partial charge is 0.159 e. The van der Waals surface area contributed by atoms with Gasteiger partial charge in [-0.3, -0.25) is 0 Å². The van der Waals surface area contributed by atoms with Gasteiger partial charge < -0.3 is 15.2 Å². The number of phenolic OH excluding ortho intramolecular Hbond substituents is 1. The highest BCUT2D eigenvalue weighted by Crippen LogP contribution is 2.51. The van der Waals surface area contributed by atoms with Crippen LogP contribution < -0.4 is 5.32 Å². The molecule has 0 radical (unpaired) electrons. The summed E-state index contributed by atoms with van der Waals surface area (Å²) in [6.45, 7) is 0. The quantitative estimate of drug-likeness (QED) is 0.350. The highest BCUT2D eigenvalue weighted by molar-refractivity contribution is 6.35. The predicted molar refractivity (Wildman–Crippen MR) is 125 cm³/mol.